The van der Waals surface area contributed by atoms with Crippen molar-refractivity contribution < 1.29 is 14.0 Å². The molecule has 2 amide bonds. The number of carbonyl (C=O) groups excluding carboxylic acids is 2. The molecule has 0 aliphatic carbocycles. The van der Waals surface area contributed by atoms with Gasteiger partial charge in [0.1, 0.15) is 17.9 Å². The summed E-state index contributed by atoms with van der Waals surface area (Å²) < 4.78 is 13.4. The average Bonchev–Trinajstić information content (AvgIpc) is 2.27. The standard InChI is InChI=1S/C12H12BrFN2O2/c1-12(2)11(18)16(6-10(17)15-12)7-3-4-9(14)8(13)5-7/h3-5H,6H2,1-2H3,(H,15,17). The van der Waals surface area contributed by atoms with E-state index >= 15 is 0 Å². The molecule has 0 aromatic heterocycles. The van der Waals surface area contributed by atoms with Gasteiger partial charge in [0.15, 0.2) is 0 Å². The Labute approximate surface area is 112 Å². The highest BCUT2D eigenvalue weighted by molar-refractivity contribution is 9.10. The number of nitrogens with one attached hydrogen (secondary N) is 1. The molecule has 1 aromatic carbocycles. The largest absolute Gasteiger partial charge is 0.341 e. The molecule has 96 valence electrons. The fourth-order valence-corrected chi connectivity index (χ4v) is 2.22. The van der Waals surface area contributed by atoms with Gasteiger partial charge in [-0.15, -0.1) is 0 Å². The lowest BCUT2D eigenvalue weighted by Gasteiger charge is -2.37. The van der Waals surface area contributed by atoms with Crippen LogP contribution in [0.15, 0.2) is 22.7 Å². The Morgan fingerprint density at radius 3 is 2.67 bits per heavy atom. The van der Waals surface area contributed by atoms with Crippen molar-refractivity contribution in [3.05, 3.63) is 28.5 Å². The van der Waals surface area contributed by atoms with Crippen LogP contribution in [0.1, 0.15) is 13.8 Å². The molecule has 0 unspecified atom stereocenters. The second-order valence-electron chi connectivity index (χ2n) is 4.66. The third-order valence-corrected chi connectivity index (χ3v) is 3.36. The molecule has 1 heterocycles. The zero-order valence-corrected chi connectivity index (χ0v) is 11.5. The number of nitrogens with zero attached hydrogens (tertiary/aromatic N) is 1. The maximum Gasteiger partial charge on any atom is 0.252 e. The first-order chi connectivity index (χ1) is 8.31. The normalized spacial score (nSPS) is 18.8. The summed E-state index contributed by atoms with van der Waals surface area (Å²) in [6.07, 6.45) is 0. The van der Waals surface area contributed by atoms with Crippen molar-refractivity contribution >= 4 is 33.4 Å². The quantitative estimate of drug-likeness (QED) is 0.859. The zero-order valence-electron chi connectivity index (χ0n) is 9.96. The van der Waals surface area contributed by atoms with E-state index in [9.17, 15) is 14.0 Å². The molecule has 0 atom stereocenters. The van der Waals surface area contributed by atoms with E-state index in [-0.39, 0.29) is 22.8 Å². The summed E-state index contributed by atoms with van der Waals surface area (Å²) in [7, 11) is 0. The average molecular weight is 315 g/mol. The maximum atomic E-state index is 13.2. The van der Waals surface area contributed by atoms with E-state index in [1.165, 1.54) is 23.1 Å². The third kappa shape index (κ3) is 2.25. The molecule has 6 heteroatoms. The van der Waals surface area contributed by atoms with Gasteiger partial charge < -0.3 is 10.2 Å². The van der Waals surface area contributed by atoms with E-state index < -0.39 is 11.4 Å². The first kappa shape index (κ1) is 13.0. The smallest absolute Gasteiger partial charge is 0.252 e. The Kier molecular flexibility index (Phi) is 3.14. The van der Waals surface area contributed by atoms with Gasteiger partial charge in [-0.3, -0.25) is 9.59 Å². The monoisotopic (exact) mass is 314 g/mol. The molecule has 4 nitrogen and oxygen atoms in total. The Bertz CT molecular complexity index is 531. The number of carbonyl (C=O) groups is 2. The second kappa shape index (κ2) is 4.35. The predicted molar refractivity (Wildman–Crippen MR) is 68.7 cm³/mol. The summed E-state index contributed by atoms with van der Waals surface area (Å²) in [5.41, 5.74) is -0.452. The number of hydrogen-bond acceptors (Lipinski definition) is 2. The number of amides is 2. The van der Waals surface area contributed by atoms with E-state index in [4.69, 9.17) is 0 Å². The zero-order chi connectivity index (χ0) is 13.5. The van der Waals surface area contributed by atoms with Crippen LogP contribution >= 0.6 is 15.9 Å². The summed E-state index contributed by atoms with van der Waals surface area (Å²) in [6.45, 7) is 3.22. The fourth-order valence-electron chi connectivity index (χ4n) is 1.86. The van der Waals surface area contributed by atoms with Gasteiger partial charge in [0.2, 0.25) is 5.91 Å². The van der Waals surface area contributed by atoms with Crippen molar-refractivity contribution in [1.82, 2.24) is 5.32 Å². The van der Waals surface area contributed by atoms with Gasteiger partial charge in [-0.1, -0.05) is 0 Å². The topological polar surface area (TPSA) is 49.4 Å². The summed E-state index contributed by atoms with van der Waals surface area (Å²) in [5.74, 6) is -0.868. The second-order valence-corrected chi connectivity index (χ2v) is 5.52. The molecule has 1 aliphatic rings. The van der Waals surface area contributed by atoms with Gasteiger partial charge in [-0.2, -0.15) is 0 Å². The number of hydrogen-bond donors (Lipinski definition) is 1. The first-order valence-electron chi connectivity index (χ1n) is 5.39. The Morgan fingerprint density at radius 1 is 1.39 bits per heavy atom. The van der Waals surface area contributed by atoms with Gasteiger partial charge in [-0.25, -0.2) is 4.39 Å². The van der Waals surface area contributed by atoms with E-state index in [0.717, 1.165) is 0 Å². The van der Waals surface area contributed by atoms with Crippen molar-refractivity contribution in [3.63, 3.8) is 0 Å². The molecule has 0 bridgehead atoms. The van der Waals surface area contributed by atoms with Crippen molar-refractivity contribution in [2.24, 2.45) is 0 Å². The van der Waals surface area contributed by atoms with Crippen LogP contribution in [-0.4, -0.2) is 23.9 Å². The van der Waals surface area contributed by atoms with Crippen molar-refractivity contribution in [2.45, 2.75) is 19.4 Å². The summed E-state index contributed by atoms with van der Waals surface area (Å²) in [5, 5.41) is 2.62. The van der Waals surface area contributed by atoms with E-state index in [1.54, 1.807) is 13.8 Å². The predicted octanol–water partition coefficient (Wildman–Crippen LogP) is 1.83. The molecule has 1 aliphatic heterocycles. The summed E-state index contributed by atoms with van der Waals surface area (Å²) in [6, 6.07) is 4.22. The number of benzene rings is 1. The Balaban J connectivity index is 2.39. The lowest BCUT2D eigenvalue weighted by atomic mass is 10.00. The minimum atomic E-state index is -0.948. The van der Waals surface area contributed by atoms with Crippen molar-refractivity contribution in [1.29, 1.82) is 0 Å². The fraction of sp³-hybridized carbons (Fsp3) is 0.333. The van der Waals surface area contributed by atoms with Crippen LogP contribution in [0.5, 0.6) is 0 Å². The van der Waals surface area contributed by atoms with E-state index in [1.807, 2.05) is 0 Å². The summed E-state index contributed by atoms with van der Waals surface area (Å²) in [4.78, 5) is 25.1. The van der Waals surface area contributed by atoms with Gasteiger partial charge in [-0.05, 0) is 48.0 Å². The van der Waals surface area contributed by atoms with Crippen LogP contribution in [0.3, 0.4) is 0 Å². The van der Waals surface area contributed by atoms with E-state index in [2.05, 4.69) is 21.2 Å². The lowest BCUT2D eigenvalue weighted by Crippen LogP contribution is -2.64. The van der Waals surface area contributed by atoms with Gasteiger partial charge in [0.25, 0.3) is 5.91 Å². The third-order valence-electron chi connectivity index (χ3n) is 2.75. The molecular formula is C12H12BrFN2O2. The first-order valence-corrected chi connectivity index (χ1v) is 6.18. The highest BCUT2D eigenvalue weighted by atomic mass is 79.9. The van der Waals surface area contributed by atoms with Gasteiger partial charge in [0, 0.05) is 5.69 Å². The molecule has 1 N–H and O–H groups in total. The van der Waals surface area contributed by atoms with Crippen LogP contribution in [0, 0.1) is 5.82 Å². The van der Waals surface area contributed by atoms with Crippen molar-refractivity contribution in [3.8, 4) is 0 Å². The molecular weight excluding hydrogens is 303 g/mol. The number of piperazine rings is 1. The highest BCUT2D eigenvalue weighted by Crippen LogP contribution is 2.26. The molecule has 0 spiro atoms. The number of halogens is 2. The molecule has 0 saturated carbocycles. The maximum absolute atomic E-state index is 13.2. The SMILES string of the molecule is CC1(C)NC(=O)CN(c2ccc(F)c(Br)c2)C1=O. The van der Waals surface area contributed by atoms with E-state index in [0.29, 0.717) is 5.69 Å². The minimum absolute atomic E-state index is 0.0552. The van der Waals surface area contributed by atoms with Crippen LogP contribution < -0.4 is 10.2 Å². The molecule has 0 radical (unpaired) electrons. The highest BCUT2D eigenvalue weighted by Gasteiger charge is 2.39. The van der Waals surface area contributed by atoms with Crippen LogP contribution in [0.4, 0.5) is 10.1 Å². The molecule has 18 heavy (non-hydrogen) atoms. The molecule has 1 saturated heterocycles. The molecule has 1 aromatic rings. The van der Waals surface area contributed by atoms with Crippen molar-refractivity contribution in [2.75, 3.05) is 11.4 Å². The Hall–Kier alpha value is -1.43. The van der Waals surface area contributed by atoms with Crippen LogP contribution in [-0.2, 0) is 9.59 Å². The van der Waals surface area contributed by atoms with Crippen LogP contribution in [0.2, 0.25) is 0 Å². The lowest BCUT2D eigenvalue weighted by molar-refractivity contribution is -0.134. The minimum Gasteiger partial charge on any atom is -0.341 e. The summed E-state index contributed by atoms with van der Waals surface area (Å²) >= 11 is 3.06. The van der Waals surface area contributed by atoms with Gasteiger partial charge >= 0.3 is 0 Å². The van der Waals surface area contributed by atoms with Crippen LogP contribution in [0.25, 0.3) is 0 Å². The number of rotatable bonds is 1. The molecule has 1 fully saturated rings. The Morgan fingerprint density at radius 2 is 2.06 bits per heavy atom. The number of anilines is 1. The van der Waals surface area contributed by atoms with Gasteiger partial charge in [0.05, 0.1) is 4.47 Å². The molecule has 2 rings (SSSR count).